The molecule has 0 spiro atoms. The minimum Gasteiger partial charge on any atom is -0.383 e. The van der Waals surface area contributed by atoms with Crippen molar-refractivity contribution < 1.29 is 4.74 Å². The van der Waals surface area contributed by atoms with E-state index in [1.165, 1.54) is 5.56 Å². The van der Waals surface area contributed by atoms with E-state index in [0.717, 1.165) is 35.6 Å². The summed E-state index contributed by atoms with van der Waals surface area (Å²) in [7, 11) is 3.63. The number of benzene rings is 1. The molecule has 0 amide bonds. The zero-order chi connectivity index (χ0) is 20.6. The van der Waals surface area contributed by atoms with Crippen molar-refractivity contribution >= 4 is 17.6 Å². The number of aryl methyl sites for hydroxylation is 1. The second kappa shape index (κ2) is 10.4. The first kappa shape index (κ1) is 22.2. The van der Waals surface area contributed by atoms with Crippen LogP contribution < -0.4 is 10.6 Å². The molecular weight excluding hydrogens is 376 g/mol. The van der Waals surface area contributed by atoms with Crippen molar-refractivity contribution in [2.24, 2.45) is 17.5 Å². The summed E-state index contributed by atoms with van der Waals surface area (Å²) in [4.78, 5) is 4.66. The van der Waals surface area contributed by atoms with Gasteiger partial charge >= 0.3 is 0 Å². The largest absolute Gasteiger partial charge is 0.383 e. The quantitative estimate of drug-likeness (QED) is 0.380. The first-order valence-corrected chi connectivity index (χ1v) is 9.79. The lowest BCUT2D eigenvalue weighted by molar-refractivity contribution is 0.203. The first-order valence-electron chi connectivity index (χ1n) is 9.41. The Kier molecular flexibility index (Phi) is 8.26. The van der Waals surface area contributed by atoms with Crippen LogP contribution in [-0.4, -0.2) is 47.5 Å². The molecule has 7 nitrogen and oxygen atoms in total. The van der Waals surface area contributed by atoms with Crippen molar-refractivity contribution in [1.82, 2.24) is 25.4 Å². The van der Waals surface area contributed by atoms with E-state index in [1.807, 2.05) is 36.7 Å². The Morgan fingerprint density at radius 2 is 2.07 bits per heavy atom. The van der Waals surface area contributed by atoms with Crippen molar-refractivity contribution in [3.63, 3.8) is 0 Å². The van der Waals surface area contributed by atoms with Crippen LogP contribution in [0, 0.1) is 12.3 Å². The lowest BCUT2D eigenvalue weighted by Gasteiger charge is -2.26. The molecule has 28 heavy (non-hydrogen) atoms. The maximum Gasteiger partial charge on any atom is 0.191 e. The molecule has 0 fully saturated rings. The highest BCUT2D eigenvalue weighted by Crippen LogP contribution is 2.22. The van der Waals surface area contributed by atoms with Gasteiger partial charge in [0.25, 0.3) is 0 Å². The highest BCUT2D eigenvalue weighted by atomic mass is 35.5. The van der Waals surface area contributed by atoms with Gasteiger partial charge in [-0.3, -0.25) is 0 Å². The maximum absolute atomic E-state index is 6.12. The number of guanidine groups is 1. The van der Waals surface area contributed by atoms with Crippen molar-refractivity contribution in [3.05, 3.63) is 46.5 Å². The maximum atomic E-state index is 6.12. The fourth-order valence-corrected chi connectivity index (χ4v) is 2.98. The number of methoxy groups -OCH3 is 1. The monoisotopic (exact) mass is 406 g/mol. The Bertz CT molecular complexity index is 787. The molecule has 1 heterocycles. The Morgan fingerprint density at radius 3 is 2.71 bits per heavy atom. The summed E-state index contributed by atoms with van der Waals surface area (Å²) in [6, 6.07) is 8.01. The molecule has 0 saturated heterocycles. The summed E-state index contributed by atoms with van der Waals surface area (Å²) in [5.41, 5.74) is 1.25. The molecule has 1 aromatic carbocycles. The van der Waals surface area contributed by atoms with Gasteiger partial charge in [0.1, 0.15) is 12.4 Å². The standard InChI is InChI=1S/C20H31ClN6O/c1-15-25-26-18(27(15)4)13-23-19(22-9-10-28-5)24-14-20(2,3)12-16-7-6-8-17(21)11-16/h6-8,11H,9-10,12-14H2,1-5H3,(H2,22,23,24). The average Bonchev–Trinajstić information content (AvgIpc) is 2.95. The van der Waals surface area contributed by atoms with Gasteiger partial charge in [0.2, 0.25) is 0 Å². The molecule has 2 aromatic rings. The number of nitrogens with one attached hydrogen (secondary N) is 2. The van der Waals surface area contributed by atoms with E-state index in [1.54, 1.807) is 7.11 Å². The zero-order valence-electron chi connectivity index (χ0n) is 17.4. The average molecular weight is 407 g/mol. The number of rotatable bonds is 9. The molecule has 2 rings (SSSR count). The number of halogens is 1. The van der Waals surface area contributed by atoms with Gasteiger partial charge in [-0.15, -0.1) is 10.2 Å². The minimum atomic E-state index is 0.0236. The van der Waals surface area contributed by atoms with Gasteiger partial charge < -0.3 is 19.9 Å². The number of ether oxygens (including phenoxy) is 1. The summed E-state index contributed by atoms with van der Waals surface area (Å²) in [6.45, 7) is 8.86. The molecule has 0 unspecified atom stereocenters. The Morgan fingerprint density at radius 1 is 1.29 bits per heavy atom. The summed E-state index contributed by atoms with van der Waals surface area (Å²) >= 11 is 6.12. The third-order valence-corrected chi connectivity index (χ3v) is 4.70. The van der Waals surface area contributed by atoms with Gasteiger partial charge in [-0.2, -0.15) is 0 Å². The van der Waals surface area contributed by atoms with Crippen molar-refractivity contribution in [3.8, 4) is 0 Å². The number of hydrogen-bond acceptors (Lipinski definition) is 4. The van der Waals surface area contributed by atoms with Gasteiger partial charge in [-0.1, -0.05) is 37.6 Å². The first-order chi connectivity index (χ1) is 13.3. The molecule has 0 saturated carbocycles. The van der Waals surface area contributed by atoms with Gasteiger partial charge in [0, 0.05) is 32.3 Å². The van der Waals surface area contributed by atoms with E-state index in [0.29, 0.717) is 19.7 Å². The lowest BCUT2D eigenvalue weighted by Crippen LogP contribution is -2.43. The van der Waals surface area contributed by atoms with E-state index < -0.39 is 0 Å². The van der Waals surface area contributed by atoms with Gasteiger partial charge in [-0.25, -0.2) is 4.99 Å². The van der Waals surface area contributed by atoms with Crippen molar-refractivity contribution in [2.75, 3.05) is 26.8 Å². The summed E-state index contributed by atoms with van der Waals surface area (Å²) in [5.74, 6) is 2.43. The zero-order valence-corrected chi connectivity index (χ0v) is 18.2. The third-order valence-electron chi connectivity index (χ3n) is 4.47. The van der Waals surface area contributed by atoms with Crippen molar-refractivity contribution in [1.29, 1.82) is 0 Å². The van der Waals surface area contributed by atoms with Crippen LogP contribution in [0.4, 0.5) is 0 Å². The van der Waals surface area contributed by atoms with E-state index in [2.05, 4.69) is 45.7 Å². The number of nitrogens with zero attached hydrogens (tertiary/aromatic N) is 4. The van der Waals surface area contributed by atoms with Crippen LogP contribution in [0.5, 0.6) is 0 Å². The molecule has 8 heteroatoms. The molecule has 2 N–H and O–H groups in total. The smallest absolute Gasteiger partial charge is 0.191 e. The van der Waals surface area contributed by atoms with Gasteiger partial charge in [0.05, 0.1) is 6.61 Å². The van der Waals surface area contributed by atoms with E-state index in [4.69, 9.17) is 16.3 Å². The number of aromatic nitrogens is 3. The molecule has 0 aliphatic carbocycles. The summed E-state index contributed by atoms with van der Waals surface area (Å²) in [6.07, 6.45) is 0.911. The van der Waals surface area contributed by atoms with Crippen LogP contribution in [0.2, 0.25) is 5.02 Å². The highest BCUT2D eigenvalue weighted by molar-refractivity contribution is 6.30. The van der Waals surface area contributed by atoms with Gasteiger partial charge in [-0.05, 0) is 36.5 Å². The summed E-state index contributed by atoms with van der Waals surface area (Å²) in [5, 5.41) is 15.8. The van der Waals surface area contributed by atoms with E-state index in [9.17, 15) is 0 Å². The van der Waals surface area contributed by atoms with Crippen molar-refractivity contribution in [2.45, 2.75) is 33.7 Å². The topological polar surface area (TPSA) is 76.4 Å². The second-order valence-electron chi connectivity index (χ2n) is 7.63. The lowest BCUT2D eigenvalue weighted by atomic mass is 9.86. The molecule has 0 aliphatic rings. The summed E-state index contributed by atoms with van der Waals surface area (Å²) < 4.78 is 7.07. The van der Waals surface area contributed by atoms with Crippen LogP contribution >= 0.6 is 11.6 Å². The molecule has 154 valence electrons. The number of aliphatic imine (C=N–C) groups is 1. The molecule has 0 radical (unpaired) electrons. The molecule has 0 bridgehead atoms. The third kappa shape index (κ3) is 7.13. The van der Waals surface area contributed by atoms with Crippen LogP contribution in [-0.2, 0) is 24.8 Å². The number of hydrogen-bond donors (Lipinski definition) is 2. The molecule has 0 aliphatic heterocycles. The predicted octanol–water partition coefficient (Wildman–Crippen LogP) is 2.73. The van der Waals surface area contributed by atoms with E-state index >= 15 is 0 Å². The predicted molar refractivity (Wildman–Crippen MR) is 114 cm³/mol. The normalized spacial score (nSPS) is 12.3. The fourth-order valence-electron chi connectivity index (χ4n) is 2.77. The fraction of sp³-hybridized carbons (Fsp3) is 0.550. The molecule has 0 atom stereocenters. The SMILES string of the molecule is COCCNC(=NCc1nnc(C)n1C)NCC(C)(C)Cc1cccc(Cl)c1. The van der Waals surface area contributed by atoms with Crippen LogP contribution in [0.1, 0.15) is 31.1 Å². The molecule has 1 aromatic heterocycles. The van der Waals surface area contributed by atoms with Crippen LogP contribution in [0.3, 0.4) is 0 Å². The molecular formula is C20H31ClN6O. The van der Waals surface area contributed by atoms with E-state index in [-0.39, 0.29) is 5.41 Å². The highest BCUT2D eigenvalue weighted by Gasteiger charge is 2.19. The second-order valence-corrected chi connectivity index (χ2v) is 8.07. The Balaban J connectivity index is 2.00. The Hall–Kier alpha value is -2.12. The Labute approximate surface area is 172 Å². The van der Waals surface area contributed by atoms with Crippen LogP contribution in [0.25, 0.3) is 0 Å². The van der Waals surface area contributed by atoms with Gasteiger partial charge in [0.15, 0.2) is 11.8 Å². The van der Waals surface area contributed by atoms with Crippen LogP contribution in [0.15, 0.2) is 29.3 Å². The minimum absolute atomic E-state index is 0.0236.